The molecule has 0 fully saturated rings. The molecule has 0 rings (SSSR count). The van der Waals surface area contributed by atoms with E-state index >= 15 is 0 Å². The van der Waals surface area contributed by atoms with Crippen LogP contribution in [0.4, 0.5) is 0 Å². The fourth-order valence-corrected chi connectivity index (χ4v) is 0. The average Bonchev–Trinajstić information content (AvgIpc) is 0.918. The van der Waals surface area contributed by atoms with Gasteiger partial charge in [-0.1, -0.05) is 0 Å². The van der Waals surface area contributed by atoms with Gasteiger partial charge in [-0.2, -0.15) is 0 Å². The Morgan fingerprint density at radius 2 is 0.500 bits per heavy atom. The van der Waals surface area contributed by atoms with Crippen LogP contribution >= 0.6 is 0 Å². The molecule has 0 spiro atoms. The zero-order chi connectivity index (χ0) is 2.71. The van der Waals surface area contributed by atoms with Gasteiger partial charge in [-0.25, -0.2) is 0 Å². The van der Waals surface area contributed by atoms with Crippen LogP contribution in [0.3, 0.4) is 0 Å². The summed E-state index contributed by atoms with van der Waals surface area (Å²) in [6, 6.07) is 0. The summed E-state index contributed by atoms with van der Waals surface area (Å²) in [7, 11) is 0. The maximum atomic E-state index is 8.46. The predicted molar refractivity (Wildman–Crippen MR) is 6.44 cm³/mol. The first kappa shape index (κ1) is 141. The molecule has 16 heteroatoms. The molecule has 0 aliphatic heterocycles. The van der Waals surface area contributed by atoms with E-state index in [1.54, 1.807) is 0 Å². The monoisotopic (exact) mass is 334 g/mol. The van der Waals surface area contributed by atoms with Crippen molar-refractivity contribution in [3.63, 3.8) is 0 Å². The fraction of sp³-hybridized carbons (Fsp3) is 0. The van der Waals surface area contributed by atoms with Crippen molar-refractivity contribution in [1.29, 1.82) is 0 Å². The molecule has 0 aromatic heterocycles. The normalized spacial score (nSPS) is 0.500. The molecule has 0 atom stereocenters. The summed E-state index contributed by atoms with van der Waals surface area (Å²) in [4.78, 5) is 0. The predicted octanol–water partition coefficient (Wildman–Crippen LogP) is -40.6. The van der Waals surface area contributed by atoms with Crippen LogP contribution < -0.4 is 239 Å². The van der Waals surface area contributed by atoms with Crippen molar-refractivity contribution >= 4 is 15.5 Å². The van der Waals surface area contributed by atoms with E-state index in [0.29, 0.717) is 0 Å². The molecule has 0 heterocycles. The van der Waals surface area contributed by atoms with Crippen molar-refractivity contribution in [2.24, 2.45) is 0 Å². The Hall–Kier alpha value is 6.71. The van der Waals surface area contributed by atoms with Gasteiger partial charge in [-0.15, -0.1) is 0 Å². The SMILES string of the molecule is [F-].[F-].[F-].[F-].[F-].[F-].[Na+].[Na+].[Na+].[Na+].[Na+].[Na+].[Na+].[O]=[Al][O-]. The van der Waals surface area contributed by atoms with Gasteiger partial charge in [0.05, 0.1) is 0 Å². The van der Waals surface area contributed by atoms with Crippen LogP contribution in [0.25, 0.3) is 0 Å². The Balaban J connectivity index is -0.000000000256. The van der Waals surface area contributed by atoms with Gasteiger partial charge in [0.25, 0.3) is 0 Å². The molecule has 0 amide bonds. The van der Waals surface area contributed by atoms with Gasteiger partial charge in [0, 0.05) is 0 Å². The molecule has 0 bridgehead atoms. The Morgan fingerprint density at radius 3 is 0.500 bits per heavy atom. The molecule has 0 unspecified atom stereocenters. The Morgan fingerprint density at radius 1 is 0.500 bits per heavy atom. The molecule has 0 saturated carbocycles. The van der Waals surface area contributed by atoms with Crippen molar-refractivity contribution in [3.8, 4) is 0 Å². The Labute approximate surface area is 252 Å². The van der Waals surface area contributed by atoms with Crippen molar-refractivity contribution in [3.05, 3.63) is 0 Å². The van der Waals surface area contributed by atoms with Gasteiger partial charge in [0.15, 0.2) is 0 Å². The number of rotatable bonds is 0. The number of hydrogen-bond acceptors (Lipinski definition) is 2. The third-order valence-electron chi connectivity index (χ3n) is 0. The van der Waals surface area contributed by atoms with E-state index in [4.69, 9.17) is 7.96 Å². The van der Waals surface area contributed by atoms with Crippen LogP contribution in [0.2, 0.25) is 0 Å². The van der Waals surface area contributed by atoms with Gasteiger partial charge in [0.2, 0.25) is 0 Å². The number of halogens is 6. The summed E-state index contributed by atoms with van der Waals surface area (Å²) in [5.74, 6) is 0. The van der Waals surface area contributed by atoms with Crippen LogP contribution in [0.1, 0.15) is 0 Å². The summed E-state index contributed by atoms with van der Waals surface area (Å²) >= 11 is -1.75. The molecule has 0 aliphatic rings. The second-order valence-electron chi connectivity index (χ2n) is 0.0962. The molecule has 0 radical (unpaired) electrons. The van der Waals surface area contributed by atoms with Crippen LogP contribution in [0.5, 0.6) is 0 Å². The van der Waals surface area contributed by atoms with Gasteiger partial charge in [-0.05, 0) is 0 Å². The van der Waals surface area contributed by atoms with E-state index in [0.717, 1.165) is 0 Å². The molecule has 16 heavy (non-hydrogen) atoms. The molecule has 0 aromatic carbocycles. The molecular formula is AlF6Na7O2. The summed E-state index contributed by atoms with van der Waals surface area (Å²) < 4.78 is 16.9. The van der Waals surface area contributed by atoms with E-state index in [2.05, 4.69) is 0 Å². The second-order valence-corrected chi connectivity index (χ2v) is 0.289. The van der Waals surface area contributed by atoms with Crippen LogP contribution in [0, 0.1) is 0 Å². The summed E-state index contributed by atoms with van der Waals surface area (Å²) in [5.41, 5.74) is 0. The van der Waals surface area contributed by atoms with Crippen LogP contribution in [-0.4, -0.2) is 15.5 Å². The van der Waals surface area contributed by atoms with Crippen molar-refractivity contribution in [1.82, 2.24) is 0 Å². The molecule has 0 aliphatic carbocycles. The van der Waals surface area contributed by atoms with Crippen molar-refractivity contribution < 1.29 is 243 Å². The molecule has 0 aromatic rings. The van der Waals surface area contributed by atoms with Gasteiger partial charge >= 0.3 is 230 Å². The summed E-state index contributed by atoms with van der Waals surface area (Å²) in [6.07, 6.45) is 0. The van der Waals surface area contributed by atoms with E-state index in [1.165, 1.54) is 0 Å². The quantitative estimate of drug-likeness (QED) is 0.326. The first-order valence-electron chi connectivity index (χ1n) is 0.471. The Bertz CT molecular complexity index is 34.3. The van der Waals surface area contributed by atoms with Gasteiger partial charge < -0.3 is 28.2 Å². The summed E-state index contributed by atoms with van der Waals surface area (Å²) in [5, 5.41) is 0. The van der Waals surface area contributed by atoms with Crippen LogP contribution in [-0.2, 0) is 3.80 Å². The van der Waals surface area contributed by atoms with Crippen molar-refractivity contribution in [2.45, 2.75) is 0 Å². The second kappa shape index (κ2) is 157. The van der Waals surface area contributed by atoms with Crippen molar-refractivity contribution in [2.75, 3.05) is 0 Å². The van der Waals surface area contributed by atoms with Crippen LogP contribution in [0.15, 0.2) is 0 Å². The topological polar surface area (TPSA) is 40.1 Å². The minimum absolute atomic E-state index is 0. The Kier molecular flexibility index (Phi) is 1380. The standard InChI is InChI=1S/Al.6FH.7Na.2O/h;6*1H;;;;;;;;;/q;;;;;;;7*+1;;-1/p-6. The van der Waals surface area contributed by atoms with Gasteiger partial charge in [-0.3, -0.25) is 0 Å². The van der Waals surface area contributed by atoms with E-state index in [1.807, 2.05) is 0 Å². The molecule has 64 valence electrons. The zero-order valence-electron chi connectivity index (χ0n) is 10.7. The minimum atomic E-state index is -1.75. The van der Waals surface area contributed by atoms with E-state index < -0.39 is 15.5 Å². The maximum absolute atomic E-state index is 8.46. The summed E-state index contributed by atoms with van der Waals surface area (Å²) in [6.45, 7) is 0. The van der Waals surface area contributed by atoms with E-state index in [9.17, 15) is 0 Å². The first-order chi connectivity index (χ1) is 1.41. The third kappa shape index (κ3) is 179. The first-order valence-corrected chi connectivity index (χ1v) is 1.41. The van der Waals surface area contributed by atoms with Gasteiger partial charge in [0.1, 0.15) is 0 Å². The fourth-order valence-electron chi connectivity index (χ4n) is 0. The third-order valence-corrected chi connectivity index (χ3v) is 0. The molecule has 0 saturated heterocycles. The van der Waals surface area contributed by atoms with E-state index in [-0.39, 0.29) is 235 Å². The zero-order valence-corrected chi connectivity index (χ0v) is 25.8. The number of hydrogen-bond donors (Lipinski definition) is 0. The molecule has 0 N–H and O–H groups in total. The molecular weight excluding hydrogens is 334 g/mol. The molecule has 2 nitrogen and oxygen atoms in total. The average molecular weight is 334 g/mol.